The van der Waals surface area contributed by atoms with E-state index in [4.69, 9.17) is 9.47 Å². The molecule has 1 saturated carbocycles. The summed E-state index contributed by atoms with van der Waals surface area (Å²) in [6, 6.07) is 0. The van der Waals surface area contributed by atoms with Crippen molar-refractivity contribution >= 4 is 11.9 Å². The minimum absolute atomic E-state index is 0.188. The molecule has 0 heterocycles. The quantitative estimate of drug-likeness (QED) is 0.692. The van der Waals surface area contributed by atoms with Crippen LogP contribution in [-0.2, 0) is 19.1 Å². The van der Waals surface area contributed by atoms with E-state index < -0.39 is 0 Å². The lowest BCUT2D eigenvalue weighted by Crippen LogP contribution is -2.37. The Hall–Kier alpha value is -1.06. The highest BCUT2D eigenvalue weighted by Crippen LogP contribution is 2.24. The molecule has 0 aromatic carbocycles. The van der Waals surface area contributed by atoms with Gasteiger partial charge in [-0.3, -0.25) is 9.59 Å². The standard InChI is InChI=1S/C12H20O4/c1-3-6-12(14)16-11-8-5-4-7-10(11)15-9(2)13/h10-11H,3-8H2,1-2H3. The lowest BCUT2D eigenvalue weighted by molar-refractivity contribution is -0.170. The first-order valence-corrected chi connectivity index (χ1v) is 6.00. The molecule has 1 aliphatic rings. The number of hydrogen-bond acceptors (Lipinski definition) is 4. The summed E-state index contributed by atoms with van der Waals surface area (Å²) in [5, 5.41) is 0. The minimum atomic E-state index is -0.302. The first kappa shape index (κ1) is 13.0. The maximum atomic E-state index is 11.4. The fourth-order valence-corrected chi connectivity index (χ4v) is 1.98. The highest BCUT2D eigenvalue weighted by molar-refractivity contribution is 5.69. The molecule has 0 N–H and O–H groups in total. The van der Waals surface area contributed by atoms with Gasteiger partial charge in [0.15, 0.2) is 0 Å². The van der Waals surface area contributed by atoms with Crippen LogP contribution in [0.2, 0.25) is 0 Å². The van der Waals surface area contributed by atoms with Crippen LogP contribution in [-0.4, -0.2) is 24.1 Å². The topological polar surface area (TPSA) is 52.6 Å². The number of carbonyl (C=O) groups excluding carboxylic acids is 2. The van der Waals surface area contributed by atoms with Gasteiger partial charge >= 0.3 is 11.9 Å². The van der Waals surface area contributed by atoms with Crippen molar-refractivity contribution in [2.45, 2.75) is 64.6 Å². The summed E-state index contributed by atoms with van der Waals surface area (Å²) >= 11 is 0. The first-order valence-electron chi connectivity index (χ1n) is 6.00. The molecule has 92 valence electrons. The van der Waals surface area contributed by atoms with Gasteiger partial charge in [0.25, 0.3) is 0 Å². The molecule has 0 aromatic heterocycles. The highest BCUT2D eigenvalue weighted by Gasteiger charge is 2.30. The van der Waals surface area contributed by atoms with Crippen molar-refractivity contribution in [1.82, 2.24) is 0 Å². The zero-order chi connectivity index (χ0) is 12.0. The molecule has 16 heavy (non-hydrogen) atoms. The van der Waals surface area contributed by atoms with Gasteiger partial charge in [-0.2, -0.15) is 0 Å². The Morgan fingerprint density at radius 3 is 2.19 bits per heavy atom. The molecule has 0 aliphatic heterocycles. The average Bonchev–Trinajstić information content (AvgIpc) is 2.20. The lowest BCUT2D eigenvalue weighted by atomic mass is 9.94. The number of carbonyl (C=O) groups is 2. The van der Waals surface area contributed by atoms with E-state index in [1.165, 1.54) is 6.92 Å². The Bertz CT molecular complexity index is 249. The maximum absolute atomic E-state index is 11.4. The van der Waals surface area contributed by atoms with Gasteiger partial charge in [0.2, 0.25) is 0 Å². The fraction of sp³-hybridized carbons (Fsp3) is 0.833. The zero-order valence-corrected chi connectivity index (χ0v) is 10.0. The van der Waals surface area contributed by atoms with Crippen LogP contribution in [0.25, 0.3) is 0 Å². The molecular weight excluding hydrogens is 208 g/mol. The summed E-state index contributed by atoms with van der Waals surface area (Å²) in [7, 11) is 0. The molecule has 4 heteroatoms. The first-order chi connectivity index (χ1) is 7.63. The van der Waals surface area contributed by atoms with Crippen LogP contribution in [0.4, 0.5) is 0 Å². The van der Waals surface area contributed by atoms with E-state index in [-0.39, 0.29) is 24.1 Å². The van der Waals surface area contributed by atoms with Crippen molar-refractivity contribution in [3.63, 3.8) is 0 Å². The van der Waals surface area contributed by atoms with Gasteiger partial charge in [-0.25, -0.2) is 0 Å². The van der Waals surface area contributed by atoms with Crippen molar-refractivity contribution in [2.75, 3.05) is 0 Å². The normalized spacial score (nSPS) is 24.9. The van der Waals surface area contributed by atoms with Gasteiger partial charge < -0.3 is 9.47 Å². The van der Waals surface area contributed by atoms with Crippen molar-refractivity contribution in [3.8, 4) is 0 Å². The molecule has 2 unspecified atom stereocenters. The molecule has 0 amide bonds. The fourth-order valence-electron chi connectivity index (χ4n) is 1.98. The summed E-state index contributed by atoms with van der Waals surface area (Å²) in [4.78, 5) is 22.3. The van der Waals surface area contributed by atoms with Crippen LogP contribution >= 0.6 is 0 Å². The van der Waals surface area contributed by atoms with Crippen molar-refractivity contribution in [3.05, 3.63) is 0 Å². The Labute approximate surface area is 96.3 Å². The van der Waals surface area contributed by atoms with Crippen LogP contribution in [0.3, 0.4) is 0 Å². The van der Waals surface area contributed by atoms with Gasteiger partial charge in [-0.05, 0) is 32.1 Å². The van der Waals surface area contributed by atoms with Crippen LogP contribution < -0.4 is 0 Å². The molecule has 0 aromatic rings. The Morgan fingerprint density at radius 2 is 1.69 bits per heavy atom. The van der Waals surface area contributed by atoms with Crippen LogP contribution in [0, 0.1) is 0 Å². The van der Waals surface area contributed by atoms with Gasteiger partial charge in [0.1, 0.15) is 12.2 Å². The molecule has 0 bridgehead atoms. The van der Waals surface area contributed by atoms with E-state index in [0.29, 0.717) is 6.42 Å². The Morgan fingerprint density at radius 1 is 1.12 bits per heavy atom. The number of ether oxygens (including phenoxy) is 2. The molecule has 1 fully saturated rings. The summed E-state index contributed by atoms with van der Waals surface area (Å²) in [5.41, 5.74) is 0. The SMILES string of the molecule is CCCC(=O)OC1CCCCC1OC(C)=O. The zero-order valence-electron chi connectivity index (χ0n) is 10.0. The van der Waals surface area contributed by atoms with Crippen LogP contribution in [0.1, 0.15) is 52.4 Å². The molecule has 1 aliphatic carbocycles. The van der Waals surface area contributed by atoms with E-state index >= 15 is 0 Å². The average molecular weight is 228 g/mol. The highest BCUT2D eigenvalue weighted by atomic mass is 16.6. The third-order valence-corrected chi connectivity index (χ3v) is 2.70. The Balaban J connectivity index is 2.46. The molecule has 0 saturated heterocycles. The second kappa shape index (κ2) is 6.51. The van der Waals surface area contributed by atoms with Crippen LogP contribution in [0.5, 0.6) is 0 Å². The smallest absolute Gasteiger partial charge is 0.306 e. The second-order valence-electron chi connectivity index (χ2n) is 4.21. The predicted molar refractivity (Wildman–Crippen MR) is 58.8 cm³/mol. The van der Waals surface area contributed by atoms with E-state index in [0.717, 1.165) is 32.1 Å². The number of hydrogen-bond donors (Lipinski definition) is 0. The second-order valence-corrected chi connectivity index (χ2v) is 4.21. The number of rotatable bonds is 4. The Kier molecular flexibility index (Phi) is 5.29. The van der Waals surface area contributed by atoms with Crippen LogP contribution in [0.15, 0.2) is 0 Å². The van der Waals surface area contributed by atoms with E-state index in [1.54, 1.807) is 0 Å². The van der Waals surface area contributed by atoms with E-state index in [9.17, 15) is 9.59 Å². The summed E-state index contributed by atoms with van der Waals surface area (Å²) in [6.07, 6.45) is 4.38. The molecule has 0 radical (unpaired) electrons. The lowest BCUT2D eigenvalue weighted by Gasteiger charge is -2.30. The molecule has 1 rings (SSSR count). The van der Waals surface area contributed by atoms with Gasteiger partial charge in [0, 0.05) is 13.3 Å². The van der Waals surface area contributed by atoms with E-state index in [2.05, 4.69) is 0 Å². The molecule has 4 nitrogen and oxygen atoms in total. The molecule has 0 spiro atoms. The van der Waals surface area contributed by atoms with Crippen molar-refractivity contribution in [2.24, 2.45) is 0 Å². The molecule has 2 atom stereocenters. The predicted octanol–water partition coefficient (Wildman–Crippen LogP) is 2.20. The monoisotopic (exact) mass is 228 g/mol. The maximum Gasteiger partial charge on any atom is 0.306 e. The van der Waals surface area contributed by atoms with Gasteiger partial charge in [-0.15, -0.1) is 0 Å². The van der Waals surface area contributed by atoms with Crippen molar-refractivity contribution in [1.29, 1.82) is 0 Å². The number of esters is 2. The van der Waals surface area contributed by atoms with Crippen molar-refractivity contribution < 1.29 is 19.1 Å². The minimum Gasteiger partial charge on any atom is -0.459 e. The molecular formula is C12H20O4. The summed E-state index contributed by atoms with van der Waals surface area (Å²) in [5.74, 6) is -0.491. The van der Waals surface area contributed by atoms with Gasteiger partial charge in [0.05, 0.1) is 0 Å². The van der Waals surface area contributed by atoms with Gasteiger partial charge in [-0.1, -0.05) is 6.92 Å². The summed E-state index contributed by atoms with van der Waals surface area (Å²) in [6.45, 7) is 3.32. The third-order valence-electron chi connectivity index (χ3n) is 2.70. The summed E-state index contributed by atoms with van der Waals surface area (Å²) < 4.78 is 10.5. The third kappa shape index (κ3) is 4.21. The largest absolute Gasteiger partial charge is 0.459 e. The van der Waals surface area contributed by atoms with E-state index in [1.807, 2.05) is 6.92 Å².